The van der Waals surface area contributed by atoms with E-state index in [4.69, 9.17) is 0 Å². The van der Waals surface area contributed by atoms with Crippen molar-refractivity contribution in [1.29, 1.82) is 0 Å². The Hall–Kier alpha value is -2.69. The maximum Gasteiger partial charge on any atom is 0.229 e. The summed E-state index contributed by atoms with van der Waals surface area (Å²) in [4.78, 5) is 15.7. The van der Waals surface area contributed by atoms with Gasteiger partial charge in [0.1, 0.15) is 5.82 Å². The van der Waals surface area contributed by atoms with Crippen LogP contribution in [0, 0.1) is 0 Å². The SMILES string of the molecule is c1cnc2c(Nc3nccc(N4CCCC4)n3)cccc2c1. The van der Waals surface area contributed by atoms with Crippen LogP contribution in [0.15, 0.2) is 48.8 Å². The van der Waals surface area contributed by atoms with E-state index in [9.17, 15) is 0 Å². The number of fused-ring (bicyclic) bond motifs is 1. The number of nitrogens with one attached hydrogen (secondary N) is 1. The summed E-state index contributed by atoms with van der Waals surface area (Å²) < 4.78 is 0. The van der Waals surface area contributed by atoms with Crippen molar-refractivity contribution in [2.45, 2.75) is 12.8 Å². The third kappa shape index (κ3) is 2.45. The fraction of sp³-hybridized carbons (Fsp3) is 0.235. The summed E-state index contributed by atoms with van der Waals surface area (Å²) in [5.41, 5.74) is 1.86. The summed E-state index contributed by atoms with van der Waals surface area (Å²) >= 11 is 0. The Bertz CT molecular complexity index is 790. The zero-order chi connectivity index (χ0) is 14.8. The van der Waals surface area contributed by atoms with Crippen LogP contribution in [0.1, 0.15) is 12.8 Å². The average Bonchev–Trinajstić information content (AvgIpc) is 3.10. The normalized spacial score (nSPS) is 14.5. The predicted molar refractivity (Wildman–Crippen MR) is 88.5 cm³/mol. The number of hydrogen-bond donors (Lipinski definition) is 1. The largest absolute Gasteiger partial charge is 0.356 e. The molecule has 5 heteroatoms. The highest BCUT2D eigenvalue weighted by molar-refractivity contribution is 5.91. The van der Waals surface area contributed by atoms with Gasteiger partial charge in [-0.25, -0.2) is 4.98 Å². The third-order valence-corrected chi connectivity index (χ3v) is 3.95. The van der Waals surface area contributed by atoms with Gasteiger partial charge < -0.3 is 10.2 Å². The zero-order valence-electron chi connectivity index (χ0n) is 12.2. The molecule has 2 aromatic heterocycles. The molecule has 1 fully saturated rings. The highest BCUT2D eigenvalue weighted by Crippen LogP contribution is 2.24. The van der Waals surface area contributed by atoms with Crippen LogP contribution in [0.25, 0.3) is 10.9 Å². The van der Waals surface area contributed by atoms with E-state index in [2.05, 4.69) is 37.3 Å². The molecule has 22 heavy (non-hydrogen) atoms. The fourth-order valence-electron chi connectivity index (χ4n) is 2.86. The number of pyridine rings is 1. The van der Waals surface area contributed by atoms with Gasteiger partial charge in [-0.1, -0.05) is 18.2 Å². The van der Waals surface area contributed by atoms with Gasteiger partial charge in [-0.15, -0.1) is 0 Å². The third-order valence-electron chi connectivity index (χ3n) is 3.95. The summed E-state index contributed by atoms with van der Waals surface area (Å²) in [6.07, 6.45) is 6.08. The molecule has 3 aromatic rings. The highest BCUT2D eigenvalue weighted by Gasteiger charge is 2.14. The second-order valence-corrected chi connectivity index (χ2v) is 5.44. The van der Waals surface area contributed by atoms with Crippen LogP contribution in [0.2, 0.25) is 0 Å². The number of rotatable bonds is 3. The van der Waals surface area contributed by atoms with Gasteiger partial charge in [0.05, 0.1) is 11.2 Å². The van der Waals surface area contributed by atoms with Gasteiger partial charge in [-0.2, -0.15) is 4.98 Å². The second-order valence-electron chi connectivity index (χ2n) is 5.44. The Morgan fingerprint density at radius 1 is 0.909 bits per heavy atom. The van der Waals surface area contributed by atoms with Crippen LogP contribution in [0.4, 0.5) is 17.5 Å². The number of hydrogen-bond acceptors (Lipinski definition) is 5. The van der Waals surface area contributed by atoms with Crippen LogP contribution in [-0.2, 0) is 0 Å². The van der Waals surface area contributed by atoms with Crippen LogP contribution in [0.3, 0.4) is 0 Å². The van der Waals surface area contributed by atoms with Crippen LogP contribution in [0.5, 0.6) is 0 Å². The lowest BCUT2D eigenvalue weighted by atomic mass is 10.2. The molecule has 0 amide bonds. The predicted octanol–water partition coefficient (Wildman–Crippen LogP) is 3.37. The first kappa shape index (κ1) is 13.0. The van der Waals surface area contributed by atoms with E-state index in [1.165, 1.54) is 12.8 Å². The topological polar surface area (TPSA) is 53.9 Å². The van der Waals surface area contributed by atoms with Crippen LogP contribution >= 0.6 is 0 Å². The number of nitrogens with zero attached hydrogens (tertiary/aromatic N) is 4. The first-order valence-electron chi connectivity index (χ1n) is 7.59. The summed E-state index contributed by atoms with van der Waals surface area (Å²) in [5.74, 6) is 1.60. The minimum Gasteiger partial charge on any atom is -0.356 e. The number of anilines is 3. The van der Waals surface area contributed by atoms with Crippen molar-refractivity contribution < 1.29 is 0 Å². The molecule has 4 rings (SSSR count). The lowest BCUT2D eigenvalue weighted by Gasteiger charge is -2.16. The number of aromatic nitrogens is 3. The average molecular weight is 291 g/mol. The van der Waals surface area contributed by atoms with E-state index >= 15 is 0 Å². The highest BCUT2D eigenvalue weighted by atomic mass is 15.2. The van der Waals surface area contributed by atoms with E-state index < -0.39 is 0 Å². The molecule has 110 valence electrons. The van der Waals surface area contributed by atoms with Gasteiger partial charge in [-0.05, 0) is 31.0 Å². The Morgan fingerprint density at radius 3 is 2.68 bits per heavy atom. The van der Waals surface area contributed by atoms with Gasteiger partial charge in [0, 0.05) is 30.9 Å². The van der Waals surface area contributed by atoms with E-state index in [0.29, 0.717) is 5.95 Å². The standard InChI is InChI=1S/C17H17N5/c1-2-12-22(11-1)15-8-10-19-17(21-15)20-14-7-3-5-13-6-4-9-18-16(13)14/h3-10H,1-2,11-12H2,(H,19,20,21). The van der Waals surface area contributed by atoms with Gasteiger partial charge in [0.2, 0.25) is 5.95 Å². The molecular formula is C17H17N5. The lowest BCUT2D eigenvalue weighted by molar-refractivity contribution is 0.930. The molecule has 1 saturated heterocycles. The molecule has 1 N–H and O–H groups in total. The van der Waals surface area contributed by atoms with E-state index in [1.54, 1.807) is 6.20 Å². The summed E-state index contributed by atoms with van der Waals surface area (Å²) in [6, 6.07) is 12.0. The fourth-order valence-corrected chi connectivity index (χ4v) is 2.86. The first-order chi connectivity index (χ1) is 10.9. The maximum atomic E-state index is 4.63. The van der Waals surface area contributed by atoms with Crippen molar-refractivity contribution in [3.63, 3.8) is 0 Å². The number of benzene rings is 1. The van der Waals surface area contributed by atoms with Crippen molar-refractivity contribution in [2.24, 2.45) is 0 Å². The molecule has 0 aliphatic carbocycles. The number of para-hydroxylation sites is 1. The minimum absolute atomic E-state index is 0.613. The van der Waals surface area contributed by atoms with Crippen LogP contribution in [-0.4, -0.2) is 28.0 Å². The van der Waals surface area contributed by atoms with Crippen LogP contribution < -0.4 is 10.2 Å². The molecule has 0 spiro atoms. The lowest BCUT2D eigenvalue weighted by Crippen LogP contribution is -2.19. The van der Waals surface area contributed by atoms with Crippen molar-refractivity contribution >= 4 is 28.4 Å². The molecule has 1 aromatic carbocycles. The first-order valence-corrected chi connectivity index (χ1v) is 7.59. The Kier molecular flexibility index (Phi) is 3.31. The second kappa shape index (κ2) is 5.60. The molecule has 0 saturated carbocycles. The van der Waals surface area contributed by atoms with Gasteiger partial charge in [0.15, 0.2) is 0 Å². The van der Waals surface area contributed by atoms with Crippen molar-refractivity contribution in [1.82, 2.24) is 15.0 Å². The van der Waals surface area contributed by atoms with E-state index in [1.807, 2.05) is 30.5 Å². The molecule has 3 heterocycles. The van der Waals surface area contributed by atoms with E-state index in [-0.39, 0.29) is 0 Å². The van der Waals surface area contributed by atoms with E-state index in [0.717, 1.165) is 35.5 Å². The summed E-state index contributed by atoms with van der Waals surface area (Å²) in [6.45, 7) is 2.15. The molecule has 0 radical (unpaired) electrons. The molecular weight excluding hydrogens is 274 g/mol. The summed E-state index contributed by atoms with van der Waals surface area (Å²) in [7, 11) is 0. The monoisotopic (exact) mass is 291 g/mol. The molecule has 0 atom stereocenters. The van der Waals surface area contributed by atoms with Gasteiger partial charge in [0.25, 0.3) is 0 Å². The van der Waals surface area contributed by atoms with Gasteiger partial charge in [-0.3, -0.25) is 4.98 Å². The Balaban J connectivity index is 1.66. The van der Waals surface area contributed by atoms with Gasteiger partial charge >= 0.3 is 0 Å². The summed E-state index contributed by atoms with van der Waals surface area (Å²) in [5, 5.41) is 4.40. The zero-order valence-corrected chi connectivity index (χ0v) is 12.2. The Morgan fingerprint density at radius 2 is 1.77 bits per heavy atom. The van der Waals surface area contributed by atoms with Crippen molar-refractivity contribution in [3.05, 3.63) is 48.8 Å². The smallest absolute Gasteiger partial charge is 0.229 e. The van der Waals surface area contributed by atoms with Crippen molar-refractivity contribution in [3.8, 4) is 0 Å². The minimum atomic E-state index is 0.613. The quantitative estimate of drug-likeness (QED) is 0.802. The Labute approximate surface area is 129 Å². The molecule has 1 aliphatic heterocycles. The maximum absolute atomic E-state index is 4.63. The molecule has 0 bridgehead atoms. The molecule has 0 unspecified atom stereocenters. The van der Waals surface area contributed by atoms with Crippen molar-refractivity contribution in [2.75, 3.05) is 23.3 Å². The molecule has 5 nitrogen and oxygen atoms in total. The molecule has 1 aliphatic rings.